The summed E-state index contributed by atoms with van der Waals surface area (Å²) in [5.74, 6) is 0. The van der Waals surface area contributed by atoms with E-state index < -0.39 is 47.2 Å². The molecule has 14 heteroatoms. The van der Waals surface area contributed by atoms with Gasteiger partial charge in [-0.3, -0.25) is 25.5 Å². The van der Waals surface area contributed by atoms with E-state index in [0.29, 0.717) is 6.07 Å². The maximum Gasteiger partial charge on any atom is 0.334 e. The summed E-state index contributed by atoms with van der Waals surface area (Å²) in [6, 6.07) is -0.125. The van der Waals surface area contributed by atoms with Crippen molar-refractivity contribution in [2.45, 2.75) is 0 Å². The lowest BCUT2D eigenvalue weighted by molar-refractivity contribution is -0.393. The fraction of sp³-hybridized carbons (Fsp3) is 0. The third-order valence-electron chi connectivity index (χ3n) is 1.91. The number of rotatable bonds is 4. The van der Waals surface area contributed by atoms with Crippen LogP contribution in [0.25, 0.3) is 0 Å². The number of benzene rings is 1. The van der Waals surface area contributed by atoms with Gasteiger partial charge in [0.15, 0.2) is 0 Å². The number of nitro benzene ring substituents is 2. The first-order chi connectivity index (χ1) is 9.51. The van der Waals surface area contributed by atoms with Crippen LogP contribution in [-0.2, 0) is 9.24 Å². The van der Waals surface area contributed by atoms with Gasteiger partial charge >= 0.3 is 21.0 Å². The van der Waals surface area contributed by atoms with E-state index in [1.807, 2.05) is 0 Å². The number of urea groups is 1. The van der Waals surface area contributed by atoms with Crippen molar-refractivity contribution in [2.24, 2.45) is 0 Å². The minimum Gasteiger partial charge on any atom is -0.300 e. The van der Waals surface area contributed by atoms with Gasteiger partial charge in [0.25, 0.3) is 5.69 Å². The van der Waals surface area contributed by atoms with Gasteiger partial charge in [0, 0.05) is 16.7 Å². The van der Waals surface area contributed by atoms with Crippen LogP contribution in [0.1, 0.15) is 0 Å². The van der Waals surface area contributed by atoms with Crippen LogP contribution in [0, 0.1) is 20.2 Å². The van der Waals surface area contributed by atoms with Gasteiger partial charge in [-0.15, -0.1) is 0 Å². The summed E-state index contributed by atoms with van der Waals surface area (Å²) in [5.41, 5.74) is -2.19. The highest BCUT2D eigenvalue weighted by Crippen LogP contribution is 2.36. The molecule has 0 fully saturated rings. The maximum absolute atomic E-state index is 11.3. The zero-order valence-electron chi connectivity index (χ0n) is 9.57. The van der Waals surface area contributed by atoms with E-state index in [4.69, 9.17) is 22.3 Å². The summed E-state index contributed by atoms with van der Waals surface area (Å²) in [6.45, 7) is 0. The van der Waals surface area contributed by atoms with E-state index in [9.17, 15) is 33.4 Å². The van der Waals surface area contributed by atoms with Gasteiger partial charge in [-0.1, -0.05) is 11.6 Å². The topological polar surface area (TPSA) is 162 Å². The Bertz CT molecular complexity index is 735. The average Bonchev–Trinajstić information content (AvgIpc) is 2.28. The van der Waals surface area contributed by atoms with Gasteiger partial charge in [0.2, 0.25) is 0 Å². The number of carbonyl (C=O) groups excluding carboxylic acids is 1. The van der Waals surface area contributed by atoms with Crippen LogP contribution in [-0.4, -0.2) is 24.3 Å². The minimum atomic E-state index is -4.42. The summed E-state index contributed by atoms with van der Waals surface area (Å²) in [5, 5.41) is 22.6. The lowest BCUT2D eigenvalue weighted by Crippen LogP contribution is -2.31. The molecule has 0 aliphatic carbocycles. The molecule has 2 N–H and O–H groups in total. The molecule has 1 aromatic rings. The molecule has 11 nitrogen and oxygen atoms in total. The van der Waals surface area contributed by atoms with Crippen LogP contribution in [0.2, 0.25) is 5.02 Å². The molecule has 1 aromatic carbocycles. The first-order valence-electron chi connectivity index (χ1n) is 4.67. The second kappa shape index (κ2) is 6.07. The molecule has 0 heterocycles. The van der Waals surface area contributed by atoms with Crippen molar-refractivity contribution in [1.29, 1.82) is 0 Å². The number of non-ortho nitro benzene ring substituents is 1. The van der Waals surface area contributed by atoms with Crippen LogP contribution in [0.3, 0.4) is 0 Å². The number of nitrogens with one attached hydrogen (secondary N) is 2. The van der Waals surface area contributed by atoms with Crippen molar-refractivity contribution in [3.63, 3.8) is 0 Å². The summed E-state index contributed by atoms with van der Waals surface area (Å²) in [7, 11) is 0.325. The molecule has 1 rings (SSSR count). The Labute approximate surface area is 125 Å². The highest BCUT2D eigenvalue weighted by molar-refractivity contribution is 8.12. The number of carbonyl (C=O) groups is 1. The van der Waals surface area contributed by atoms with Gasteiger partial charge in [-0.05, 0) is 0 Å². The number of amides is 2. The van der Waals surface area contributed by atoms with Crippen LogP contribution < -0.4 is 10.0 Å². The SMILES string of the molecule is O=C(Nc1c(Cl)cc([N+](=O)[O-])cc1[N+](=O)[O-])NS(=O)(=O)Cl. The lowest BCUT2D eigenvalue weighted by Gasteiger charge is -2.07. The standard InChI is InChI=1S/C7H4Cl2N4O7S/c8-4-1-3(12(15)16)2-5(13(17)18)6(4)10-7(14)11-21(9,19)20/h1-2H,(H2,10,11,14). The molecular formula is C7H4Cl2N4O7S. The van der Waals surface area contributed by atoms with Gasteiger partial charge < -0.3 is 0 Å². The van der Waals surface area contributed by atoms with E-state index in [-0.39, 0.29) is 0 Å². The third-order valence-corrected chi connectivity index (χ3v) is 2.87. The molecule has 0 aromatic heterocycles. The first kappa shape index (κ1) is 16.9. The van der Waals surface area contributed by atoms with E-state index in [2.05, 4.69) is 0 Å². The average molecular weight is 359 g/mol. The number of halogens is 2. The molecule has 0 aliphatic rings. The van der Waals surface area contributed by atoms with E-state index >= 15 is 0 Å². The highest BCUT2D eigenvalue weighted by Gasteiger charge is 2.25. The van der Waals surface area contributed by atoms with Gasteiger partial charge in [0.05, 0.1) is 20.9 Å². The zero-order chi connectivity index (χ0) is 16.4. The largest absolute Gasteiger partial charge is 0.334 e. The number of nitro groups is 2. The predicted octanol–water partition coefficient (Wildman–Crippen LogP) is 1.76. The van der Waals surface area contributed by atoms with Crippen LogP contribution >= 0.6 is 22.3 Å². The molecule has 0 spiro atoms. The van der Waals surface area contributed by atoms with Crippen molar-refractivity contribution in [3.8, 4) is 0 Å². The minimum absolute atomic E-state index is 0.530. The van der Waals surface area contributed by atoms with Crippen molar-refractivity contribution in [2.75, 3.05) is 5.32 Å². The molecule has 2 amide bonds. The summed E-state index contributed by atoms with van der Waals surface area (Å²) >= 11 is 5.60. The molecule has 0 saturated carbocycles. The molecule has 0 radical (unpaired) electrons. The number of hydrogen-bond donors (Lipinski definition) is 2. The molecular weight excluding hydrogens is 355 g/mol. The Balaban J connectivity index is 3.26. The van der Waals surface area contributed by atoms with Crippen LogP contribution in [0.4, 0.5) is 21.9 Å². The van der Waals surface area contributed by atoms with E-state index in [0.717, 1.165) is 6.07 Å². The van der Waals surface area contributed by atoms with Crippen LogP contribution in [0.15, 0.2) is 12.1 Å². The smallest absolute Gasteiger partial charge is 0.300 e. The lowest BCUT2D eigenvalue weighted by atomic mass is 10.2. The van der Waals surface area contributed by atoms with Crippen molar-refractivity contribution < 1.29 is 23.1 Å². The fourth-order valence-electron chi connectivity index (χ4n) is 1.20. The summed E-state index contributed by atoms with van der Waals surface area (Å²) in [6.07, 6.45) is 0. The Morgan fingerprint density at radius 1 is 1.19 bits per heavy atom. The first-order valence-corrected chi connectivity index (χ1v) is 7.35. The van der Waals surface area contributed by atoms with Crippen molar-refractivity contribution >= 4 is 54.6 Å². The van der Waals surface area contributed by atoms with Crippen molar-refractivity contribution in [3.05, 3.63) is 37.4 Å². The second-order valence-corrected chi connectivity index (χ2v) is 6.04. The van der Waals surface area contributed by atoms with E-state index in [1.165, 1.54) is 4.72 Å². The molecule has 114 valence electrons. The van der Waals surface area contributed by atoms with E-state index in [1.54, 1.807) is 5.32 Å². The summed E-state index contributed by atoms with van der Waals surface area (Å²) in [4.78, 5) is 30.7. The zero-order valence-corrected chi connectivity index (χ0v) is 11.9. The second-order valence-electron chi connectivity index (χ2n) is 3.33. The third kappa shape index (κ3) is 4.70. The Hall–Kier alpha value is -2.18. The molecule has 21 heavy (non-hydrogen) atoms. The van der Waals surface area contributed by atoms with Crippen LogP contribution in [0.5, 0.6) is 0 Å². The Morgan fingerprint density at radius 3 is 2.19 bits per heavy atom. The van der Waals surface area contributed by atoms with Crippen molar-refractivity contribution in [1.82, 2.24) is 4.72 Å². The Kier molecular flexibility index (Phi) is 4.88. The molecule has 0 bridgehead atoms. The number of nitrogens with zero attached hydrogens (tertiary/aromatic N) is 2. The molecule has 0 atom stereocenters. The molecule has 0 saturated heterocycles. The maximum atomic E-state index is 11.3. The molecule has 0 aliphatic heterocycles. The monoisotopic (exact) mass is 358 g/mol. The van der Waals surface area contributed by atoms with Gasteiger partial charge in [0.1, 0.15) is 5.69 Å². The highest BCUT2D eigenvalue weighted by atomic mass is 35.7. The quantitative estimate of drug-likeness (QED) is 0.470. The summed E-state index contributed by atoms with van der Waals surface area (Å²) < 4.78 is 22.5. The molecule has 0 unspecified atom stereocenters. The number of hydrogen-bond acceptors (Lipinski definition) is 7. The number of anilines is 1. The predicted molar refractivity (Wildman–Crippen MR) is 71.7 cm³/mol. The fourth-order valence-corrected chi connectivity index (χ4v) is 1.94. The van der Waals surface area contributed by atoms with Gasteiger partial charge in [-0.2, -0.15) is 8.42 Å². The van der Waals surface area contributed by atoms with Gasteiger partial charge in [-0.25, -0.2) is 9.52 Å². The normalized spacial score (nSPS) is 10.8. The Morgan fingerprint density at radius 2 is 1.76 bits per heavy atom.